The van der Waals surface area contributed by atoms with Crippen LogP contribution in [0.1, 0.15) is 27.7 Å². The van der Waals surface area contributed by atoms with Crippen LogP contribution in [0.15, 0.2) is 0 Å². The molecule has 4 heteroatoms. The van der Waals surface area contributed by atoms with E-state index in [1.807, 2.05) is 20.8 Å². The molecular formula is C11H24N2O2. The minimum Gasteiger partial charge on any atom is -0.380 e. The van der Waals surface area contributed by atoms with Crippen molar-refractivity contribution in [3.05, 3.63) is 0 Å². The number of ether oxygens (including phenoxy) is 1. The molecule has 0 bridgehead atoms. The lowest BCUT2D eigenvalue weighted by molar-refractivity contribution is -0.128. The molecule has 0 aliphatic carbocycles. The number of nitrogens with one attached hydrogen (secondary N) is 2. The summed E-state index contributed by atoms with van der Waals surface area (Å²) in [7, 11) is 1.66. The Balaban J connectivity index is 3.87. The highest BCUT2D eigenvalue weighted by Crippen LogP contribution is 2.13. The molecule has 0 aromatic rings. The van der Waals surface area contributed by atoms with E-state index in [0.29, 0.717) is 13.2 Å². The standard InChI is InChI=1S/C11H24N2O2/c1-6-15-7-9(2)13-8-11(3,4)10(14)12-5/h9,13H,6-8H2,1-5H3,(H,12,14). The molecule has 0 saturated heterocycles. The van der Waals surface area contributed by atoms with E-state index in [1.165, 1.54) is 0 Å². The number of hydrogen-bond acceptors (Lipinski definition) is 3. The third kappa shape index (κ3) is 5.74. The molecule has 1 atom stereocenters. The molecule has 15 heavy (non-hydrogen) atoms. The Kier molecular flexibility index (Phi) is 6.52. The zero-order chi connectivity index (χ0) is 11.9. The molecule has 0 saturated carbocycles. The van der Waals surface area contributed by atoms with E-state index in [1.54, 1.807) is 7.05 Å². The quantitative estimate of drug-likeness (QED) is 0.661. The minimum atomic E-state index is -0.380. The molecule has 0 heterocycles. The van der Waals surface area contributed by atoms with E-state index in [9.17, 15) is 4.79 Å². The summed E-state index contributed by atoms with van der Waals surface area (Å²) in [5, 5.41) is 5.95. The number of rotatable bonds is 7. The van der Waals surface area contributed by atoms with Crippen molar-refractivity contribution in [2.24, 2.45) is 5.41 Å². The molecule has 2 N–H and O–H groups in total. The maximum absolute atomic E-state index is 11.5. The van der Waals surface area contributed by atoms with Crippen molar-refractivity contribution >= 4 is 5.91 Å². The van der Waals surface area contributed by atoms with Gasteiger partial charge in [0.05, 0.1) is 12.0 Å². The molecule has 1 unspecified atom stereocenters. The summed E-state index contributed by atoms with van der Waals surface area (Å²) >= 11 is 0. The first-order chi connectivity index (χ1) is 6.94. The smallest absolute Gasteiger partial charge is 0.226 e. The van der Waals surface area contributed by atoms with Gasteiger partial charge in [-0.15, -0.1) is 0 Å². The lowest BCUT2D eigenvalue weighted by Crippen LogP contribution is -2.45. The molecule has 0 fully saturated rings. The van der Waals surface area contributed by atoms with E-state index >= 15 is 0 Å². The highest BCUT2D eigenvalue weighted by molar-refractivity contribution is 5.81. The monoisotopic (exact) mass is 216 g/mol. The second-order valence-electron chi connectivity index (χ2n) is 4.40. The van der Waals surface area contributed by atoms with Gasteiger partial charge in [-0.3, -0.25) is 4.79 Å². The molecule has 0 spiro atoms. The van der Waals surface area contributed by atoms with Crippen molar-refractivity contribution in [3.63, 3.8) is 0 Å². The first kappa shape index (κ1) is 14.4. The fourth-order valence-corrected chi connectivity index (χ4v) is 1.20. The van der Waals surface area contributed by atoms with Crippen LogP contribution in [-0.2, 0) is 9.53 Å². The summed E-state index contributed by atoms with van der Waals surface area (Å²) in [6, 6.07) is 0.272. The lowest BCUT2D eigenvalue weighted by atomic mass is 9.92. The number of carbonyl (C=O) groups excluding carboxylic acids is 1. The summed E-state index contributed by atoms with van der Waals surface area (Å²) in [5.41, 5.74) is -0.380. The van der Waals surface area contributed by atoms with Crippen molar-refractivity contribution in [1.82, 2.24) is 10.6 Å². The van der Waals surface area contributed by atoms with Gasteiger partial charge in [-0.25, -0.2) is 0 Å². The zero-order valence-electron chi connectivity index (χ0n) is 10.5. The largest absolute Gasteiger partial charge is 0.380 e. The Morgan fingerprint density at radius 1 is 1.47 bits per heavy atom. The Labute approximate surface area is 92.8 Å². The Morgan fingerprint density at radius 2 is 2.07 bits per heavy atom. The molecule has 0 aliphatic heterocycles. The van der Waals surface area contributed by atoms with Gasteiger partial charge in [0.15, 0.2) is 0 Å². The van der Waals surface area contributed by atoms with Gasteiger partial charge < -0.3 is 15.4 Å². The summed E-state index contributed by atoms with van der Waals surface area (Å²) in [6.45, 7) is 9.93. The molecule has 4 nitrogen and oxygen atoms in total. The summed E-state index contributed by atoms with van der Waals surface area (Å²) in [6.07, 6.45) is 0. The van der Waals surface area contributed by atoms with Gasteiger partial charge in [-0.05, 0) is 27.7 Å². The van der Waals surface area contributed by atoms with Crippen molar-refractivity contribution in [2.75, 3.05) is 26.8 Å². The fourth-order valence-electron chi connectivity index (χ4n) is 1.20. The fraction of sp³-hybridized carbons (Fsp3) is 0.909. The summed E-state index contributed by atoms with van der Waals surface area (Å²) < 4.78 is 5.28. The molecule has 90 valence electrons. The van der Waals surface area contributed by atoms with Gasteiger partial charge in [0.1, 0.15) is 0 Å². The predicted molar refractivity (Wildman–Crippen MR) is 61.8 cm³/mol. The third-order valence-corrected chi connectivity index (χ3v) is 2.31. The Hall–Kier alpha value is -0.610. The third-order valence-electron chi connectivity index (χ3n) is 2.31. The van der Waals surface area contributed by atoms with Crippen LogP contribution >= 0.6 is 0 Å². The Morgan fingerprint density at radius 3 is 2.53 bits per heavy atom. The van der Waals surface area contributed by atoms with E-state index in [2.05, 4.69) is 17.6 Å². The summed E-state index contributed by atoms with van der Waals surface area (Å²) in [4.78, 5) is 11.5. The highest BCUT2D eigenvalue weighted by atomic mass is 16.5. The average Bonchev–Trinajstić information content (AvgIpc) is 2.22. The first-order valence-electron chi connectivity index (χ1n) is 5.47. The van der Waals surface area contributed by atoms with E-state index in [-0.39, 0.29) is 17.4 Å². The van der Waals surface area contributed by atoms with Crippen LogP contribution in [0.3, 0.4) is 0 Å². The second kappa shape index (κ2) is 6.80. The van der Waals surface area contributed by atoms with Gasteiger partial charge in [-0.1, -0.05) is 0 Å². The van der Waals surface area contributed by atoms with E-state index < -0.39 is 0 Å². The molecule has 0 aliphatic rings. The van der Waals surface area contributed by atoms with Crippen LogP contribution in [0.2, 0.25) is 0 Å². The van der Waals surface area contributed by atoms with Crippen molar-refractivity contribution in [3.8, 4) is 0 Å². The van der Waals surface area contributed by atoms with Crippen LogP contribution in [0.5, 0.6) is 0 Å². The molecule has 1 amide bonds. The van der Waals surface area contributed by atoms with Crippen molar-refractivity contribution in [2.45, 2.75) is 33.7 Å². The Bertz CT molecular complexity index is 193. The second-order valence-corrected chi connectivity index (χ2v) is 4.40. The van der Waals surface area contributed by atoms with Gasteiger partial charge in [-0.2, -0.15) is 0 Å². The maximum atomic E-state index is 11.5. The van der Waals surface area contributed by atoms with Gasteiger partial charge in [0.2, 0.25) is 5.91 Å². The lowest BCUT2D eigenvalue weighted by Gasteiger charge is -2.25. The topological polar surface area (TPSA) is 50.4 Å². The molecule has 0 aromatic carbocycles. The number of amides is 1. The molecular weight excluding hydrogens is 192 g/mol. The van der Waals surface area contributed by atoms with Crippen LogP contribution < -0.4 is 10.6 Å². The highest BCUT2D eigenvalue weighted by Gasteiger charge is 2.26. The van der Waals surface area contributed by atoms with Gasteiger partial charge in [0, 0.05) is 26.2 Å². The zero-order valence-corrected chi connectivity index (χ0v) is 10.5. The van der Waals surface area contributed by atoms with Gasteiger partial charge in [0.25, 0.3) is 0 Å². The van der Waals surface area contributed by atoms with Crippen LogP contribution in [-0.4, -0.2) is 38.8 Å². The number of hydrogen-bond donors (Lipinski definition) is 2. The van der Waals surface area contributed by atoms with E-state index in [4.69, 9.17) is 4.74 Å². The van der Waals surface area contributed by atoms with Crippen molar-refractivity contribution in [1.29, 1.82) is 0 Å². The van der Waals surface area contributed by atoms with E-state index in [0.717, 1.165) is 6.61 Å². The predicted octanol–water partition coefficient (Wildman–Crippen LogP) is 0.773. The minimum absolute atomic E-state index is 0.0543. The van der Waals surface area contributed by atoms with Crippen LogP contribution in [0.25, 0.3) is 0 Å². The molecule has 0 rings (SSSR count). The van der Waals surface area contributed by atoms with Gasteiger partial charge >= 0.3 is 0 Å². The normalized spacial score (nSPS) is 13.7. The molecule has 0 radical (unpaired) electrons. The molecule has 0 aromatic heterocycles. The summed E-state index contributed by atoms with van der Waals surface area (Å²) in [5.74, 6) is 0.0543. The van der Waals surface area contributed by atoms with Crippen molar-refractivity contribution < 1.29 is 9.53 Å². The van der Waals surface area contributed by atoms with Crippen LogP contribution in [0.4, 0.5) is 0 Å². The SMILES string of the molecule is CCOCC(C)NCC(C)(C)C(=O)NC. The maximum Gasteiger partial charge on any atom is 0.226 e. The number of carbonyl (C=O) groups is 1. The average molecular weight is 216 g/mol. The van der Waals surface area contributed by atoms with Crippen LogP contribution in [0, 0.1) is 5.41 Å². The first-order valence-corrected chi connectivity index (χ1v) is 5.47.